The summed E-state index contributed by atoms with van der Waals surface area (Å²) >= 11 is 1.27. The second kappa shape index (κ2) is 4.63. The fourth-order valence-electron chi connectivity index (χ4n) is 2.63. The molecule has 0 aliphatic heterocycles. The first-order chi connectivity index (χ1) is 9.06. The molecule has 0 saturated heterocycles. The summed E-state index contributed by atoms with van der Waals surface area (Å²) in [7, 11) is 0. The molecule has 1 amide bonds. The van der Waals surface area contributed by atoms with Crippen LogP contribution in [0.15, 0.2) is 0 Å². The Morgan fingerprint density at radius 2 is 2.16 bits per heavy atom. The van der Waals surface area contributed by atoms with E-state index in [4.69, 9.17) is 5.73 Å². The average Bonchev–Trinajstić information content (AvgIpc) is 3.10. The summed E-state index contributed by atoms with van der Waals surface area (Å²) in [4.78, 5) is 24.9. The van der Waals surface area contributed by atoms with Gasteiger partial charge in [0.15, 0.2) is 5.78 Å². The number of carbonyl (C=O) groups excluding carboxylic acids is 2. The molecule has 1 aromatic heterocycles. The van der Waals surface area contributed by atoms with E-state index in [2.05, 4.69) is 5.32 Å². The van der Waals surface area contributed by atoms with Gasteiger partial charge in [0.25, 0.3) is 5.91 Å². The van der Waals surface area contributed by atoms with Gasteiger partial charge in [0, 0.05) is 13.0 Å². The zero-order valence-electron chi connectivity index (χ0n) is 11.0. The summed E-state index contributed by atoms with van der Waals surface area (Å²) in [5.74, 6) is 0.958. The number of ketones is 1. The second-order valence-corrected chi connectivity index (χ2v) is 6.79. The van der Waals surface area contributed by atoms with Crippen molar-refractivity contribution in [2.24, 2.45) is 11.8 Å². The molecule has 19 heavy (non-hydrogen) atoms. The van der Waals surface area contributed by atoms with Crippen LogP contribution in [0.1, 0.15) is 51.8 Å². The highest BCUT2D eigenvalue weighted by Crippen LogP contribution is 2.38. The van der Waals surface area contributed by atoms with Gasteiger partial charge < -0.3 is 11.1 Å². The Morgan fingerprint density at radius 1 is 1.42 bits per heavy atom. The molecule has 2 aliphatic rings. The normalized spacial score (nSPS) is 22.2. The Hall–Kier alpha value is -1.36. The fraction of sp³-hybridized carbons (Fsp3) is 0.571. The molecule has 3 rings (SSSR count). The van der Waals surface area contributed by atoms with Gasteiger partial charge in [0.05, 0.1) is 15.4 Å². The zero-order chi connectivity index (χ0) is 13.6. The smallest absolute Gasteiger partial charge is 0.254 e. The quantitative estimate of drug-likeness (QED) is 0.890. The minimum Gasteiger partial charge on any atom is -0.390 e. The molecule has 0 aromatic carbocycles. The van der Waals surface area contributed by atoms with Crippen molar-refractivity contribution in [1.82, 2.24) is 5.32 Å². The molecule has 102 valence electrons. The van der Waals surface area contributed by atoms with Crippen molar-refractivity contribution in [2.75, 3.05) is 12.3 Å². The lowest BCUT2D eigenvalue weighted by Gasteiger charge is -2.18. The summed E-state index contributed by atoms with van der Waals surface area (Å²) in [6.07, 6.45) is 3.75. The molecule has 0 radical (unpaired) electrons. The van der Waals surface area contributed by atoms with Crippen molar-refractivity contribution in [3.05, 3.63) is 16.0 Å². The summed E-state index contributed by atoms with van der Waals surface area (Å²) in [5, 5.41) is 3.43. The van der Waals surface area contributed by atoms with Gasteiger partial charge in [0.2, 0.25) is 0 Å². The van der Waals surface area contributed by atoms with E-state index in [-0.39, 0.29) is 11.7 Å². The molecule has 1 atom stereocenters. The van der Waals surface area contributed by atoms with Crippen LogP contribution in [0.3, 0.4) is 0 Å². The molecule has 1 unspecified atom stereocenters. The van der Waals surface area contributed by atoms with Crippen LogP contribution in [0.25, 0.3) is 0 Å². The lowest BCUT2D eigenvalue weighted by atomic mass is 9.87. The molecule has 0 spiro atoms. The molecule has 3 N–H and O–H groups in total. The number of hydrogen-bond donors (Lipinski definition) is 2. The van der Waals surface area contributed by atoms with E-state index in [0.29, 0.717) is 33.7 Å². The third-order valence-electron chi connectivity index (χ3n) is 3.85. The number of nitrogens with two attached hydrogens (primary N) is 1. The predicted octanol–water partition coefficient (Wildman–Crippen LogP) is 2.24. The molecule has 0 bridgehead atoms. The second-order valence-electron chi connectivity index (χ2n) is 5.74. The number of nitrogens with one attached hydrogen (secondary N) is 1. The van der Waals surface area contributed by atoms with E-state index in [0.717, 1.165) is 18.5 Å². The number of carbonyl (C=O) groups is 2. The number of anilines is 1. The van der Waals surface area contributed by atoms with Crippen LogP contribution in [-0.4, -0.2) is 18.2 Å². The molecular formula is C14H18N2O2S. The Bertz CT molecular complexity index is 546. The Kier molecular flexibility index (Phi) is 3.09. The van der Waals surface area contributed by atoms with Crippen molar-refractivity contribution >= 4 is 28.0 Å². The molecule has 4 nitrogen and oxygen atoms in total. The molecule has 5 heteroatoms. The van der Waals surface area contributed by atoms with E-state index < -0.39 is 0 Å². The van der Waals surface area contributed by atoms with Gasteiger partial charge >= 0.3 is 0 Å². The highest BCUT2D eigenvalue weighted by molar-refractivity contribution is 7.18. The van der Waals surface area contributed by atoms with Crippen LogP contribution < -0.4 is 11.1 Å². The van der Waals surface area contributed by atoms with Crippen LogP contribution in [0.2, 0.25) is 0 Å². The van der Waals surface area contributed by atoms with Crippen molar-refractivity contribution in [1.29, 1.82) is 0 Å². The van der Waals surface area contributed by atoms with Gasteiger partial charge in [-0.3, -0.25) is 9.59 Å². The number of Topliss-reactive ketones (excluding diaryl/α,β-unsaturated/α-hetero) is 1. The van der Waals surface area contributed by atoms with Gasteiger partial charge in [-0.2, -0.15) is 0 Å². The van der Waals surface area contributed by atoms with Crippen molar-refractivity contribution in [3.63, 3.8) is 0 Å². The zero-order valence-corrected chi connectivity index (χ0v) is 11.8. The molecule has 1 fully saturated rings. The number of rotatable bonds is 3. The van der Waals surface area contributed by atoms with Crippen LogP contribution in [0.4, 0.5) is 5.00 Å². The minimum absolute atomic E-state index is 0.108. The van der Waals surface area contributed by atoms with Gasteiger partial charge in [0.1, 0.15) is 0 Å². The van der Waals surface area contributed by atoms with Crippen LogP contribution in [0, 0.1) is 11.8 Å². The van der Waals surface area contributed by atoms with E-state index >= 15 is 0 Å². The maximum Gasteiger partial charge on any atom is 0.254 e. The van der Waals surface area contributed by atoms with Crippen LogP contribution in [0.5, 0.6) is 0 Å². The number of nitrogen functional groups attached to an aromatic ring is 1. The van der Waals surface area contributed by atoms with E-state index in [1.54, 1.807) is 0 Å². The lowest BCUT2D eigenvalue weighted by molar-refractivity contribution is 0.0950. The topological polar surface area (TPSA) is 72.2 Å². The first kappa shape index (κ1) is 12.7. The predicted molar refractivity (Wildman–Crippen MR) is 75.6 cm³/mol. The van der Waals surface area contributed by atoms with E-state index in [1.807, 2.05) is 6.92 Å². The first-order valence-corrected chi connectivity index (χ1v) is 7.60. The minimum atomic E-state index is -0.108. The van der Waals surface area contributed by atoms with Gasteiger partial charge in [-0.25, -0.2) is 0 Å². The number of amides is 1. The number of hydrogen-bond acceptors (Lipinski definition) is 4. The molecular weight excluding hydrogens is 260 g/mol. The molecule has 2 aliphatic carbocycles. The van der Waals surface area contributed by atoms with Crippen molar-refractivity contribution < 1.29 is 9.59 Å². The van der Waals surface area contributed by atoms with E-state index in [9.17, 15) is 9.59 Å². The van der Waals surface area contributed by atoms with Crippen molar-refractivity contribution in [3.8, 4) is 0 Å². The first-order valence-electron chi connectivity index (χ1n) is 6.78. The summed E-state index contributed by atoms with van der Waals surface area (Å²) in [6, 6.07) is 0. The summed E-state index contributed by atoms with van der Waals surface area (Å²) < 4.78 is 0. The van der Waals surface area contributed by atoms with Gasteiger partial charge in [-0.05, 0) is 36.7 Å². The Morgan fingerprint density at radius 3 is 2.84 bits per heavy atom. The monoisotopic (exact) mass is 278 g/mol. The van der Waals surface area contributed by atoms with Crippen molar-refractivity contribution in [2.45, 2.75) is 32.6 Å². The number of thiophene rings is 1. The number of fused-ring (bicyclic) bond motifs is 1. The standard InChI is InChI=1S/C14H18N2O2S/c1-7-4-9-11(14(18)16-6-8-2-3-8)13(15)19-12(9)10(17)5-7/h7-8H,2-6,15H2,1H3,(H,16,18). The van der Waals surface area contributed by atoms with Gasteiger partial charge in [-0.1, -0.05) is 6.92 Å². The molecule has 1 aromatic rings. The highest BCUT2D eigenvalue weighted by Gasteiger charge is 2.31. The maximum atomic E-state index is 12.2. The summed E-state index contributed by atoms with van der Waals surface area (Å²) in [6.45, 7) is 2.77. The Labute approximate surface area is 116 Å². The largest absolute Gasteiger partial charge is 0.390 e. The third kappa shape index (κ3) is 2.39. The third-order valence-corrected chi connectivity index (χ3v) is 4.95. The fourth-order valence-corrected chi connectivity index (χ4v) is 3.67. The van der Waals surface area contributed by atoms with Crippen LogP contribution in [-0.2, 0) is 6.42 Å². The lowest BCUT2D eigenvalue weighted by Crippen LogP contribution is -2.28. The summed E-state index contributed by atoms with van der Waals surface area (Å²) in [5.41, 5.74) is 7.39. The van der Waals surface area contributed by atoms with Gasteiger partial charge in [-0.15, -0.1) is 11.3 Å². The van der Waals surface area contributed by atoms with E-state index in [1.165, 1.54) is 24.2 Å². The maximum absolute atomic E-state index is 12.2. The van der Waals surface area contributed by atoms with Crippen LogP contribution >= 0.6 is 11.3 Å². The molecule has 1 heterocycles. The Balaban J connectivity index is 1.87. The molecule has 1 saturated carbocycles. The average molecular weight is 278 g/mol. The SMILES string of the molecule is CC1CC(=O)c2sc(N)c(C(=O)NCC3CC3)c2C1. The highest BCUT2D eigenvalue weighted by atomic mass is 32.1.